The van der Waals surface area contributed by atoms with Gasteiger partial charge in [-0.15, -0.1) is 0 Å². The van der Waals surface area contributed by atoms with Crippen LogP contribution in [0, 0.1) is 0 Å². The first-order chi connectivity index (χ1) is 13.7. The summed E-state index contributed by atoms with van der Waals surface area (Å²) in [4.78, 5) is 15.4. The second kappa shape index (κ2) is 12.2. The summed E-state index contributed by atoms with van der Waals surface area (Å²) in [5.74, 6) is 1.72. The van der Waals surface area contributed by atoms with Gasteiger partial charge in [-0.2, -0.15) is 0 Å². The molecule has 0 aliphatic carbocycles. The molecule has 1 amide bonds. The molecule has 2 rings (SSSR count). The van der Waals surface area contributed by atoms with Gasteiger partial charge in [0.2, 0.25) is 0 Å². The summed E-state index contributed by atoms with van der Waals surface area (Å²) in [5.41, 5.74) is 6.08. The highest BCUT2D eigenvalue weighted by Gasteiger charge is 2.01. The van der Waals surface area contributed by atoms with Crippen LogP contribution in [0.25, 0.3) is 0 Å². The van der Waals surface area contributed by atoms with E-state index in [1.807, 2.05) is 55.5 Å². The number of hydrogen-bond donors (Lipinski definition) is 3. The van der Waals surface area contributed by atoms with Gasteiger partial charge in [-0.25, -0.2) is 4.99 Å². The second-order valence-electron chi connectivity index (χ2n) is 6.04. The Bertz CT molecular complexity index is 750. The number of nitrogens with two attached hydrogens (primary N) is 1. The quantitative estimate of drug-likeness (QED) is 0.313. The van der Waals surface area contributed by atoms with E-state index in [4.69, 9.17) is 15.2 Å². The SMILES string of the molecule is CCNC(=NCc1cccc(OCC(N)=O)c1)NCCCOc1ccccc1. The molecule has 2 aromatic rings. The zero-order chi connectivity index (χ0) is 20.0. The van der Waals surface area contributed by atoms with Crippen LogP contribution in [-0.2, 0) is 11.3 Å². The molecule has 0 radical (unpaired) electrons. The number of carbonyl (C=O) groups excluding carboxylic acids is 1. The monoisotopic (exact) mass is 384 g/mol. The first kappa shape index (κ1) is 21.1. The van der Waals surface area contributed by atoms with Gasteiger partial charge in [0.15, 0.2) is 12.6 Å². The van der Waals surface area contributed by atoms with Gasteiger partial charge in [0.05, 0.1) is 13.2 Å². The molecular weight excluding hydrogens is 356 g/mol. The van der Waals surface area contributed by atoms with E-state index in [0.717, 1.165) is 36.8 Å². The van der Waals surface area contributed by atoms with E-state index in [1.165, 1.54) is 0 Å². The van der Waals surface area contributed by atoms with E-state index in [9.17, 15) is 4.79 Å². The number of benzene rings is 2. The standard InChI is InChI=1S/C21H28N4O3/c1-2-23-21(24-12-7-13-27-18-9-4-3-5-10-18)25-15-17-8-6-11-19(14-17)28-16-20(22)26/h3-6,8-11,14H,2,7,12-13,15-16H2,1H3,(H2,22,26)(H2,23,24,25). The third kappa shape index (κ3) is 8.44. The lowest BCUT2D eigenvalue weighted by Crippen LogP contribution is -2.38. The number of ether oxygens (including phenoxy) is 2. The summed E-state index contributed by atoms with van der Waals surface area (Å²) in [5, 5.41) is 6.52. The molecule has 4 N–H and O–H groups in total. The fraction of sp³-hybridized carbons (Fsp3) is 0.333. The maximum Gasteiger partial charge on any atom is 0.255 e. The first-order valence-corrected chi connectivity index (χ1v) is 9.37. The van der Waals surface area contributed by atoms with Crippen LogP contribution in [0.15, 0.2) is 59.6 Å². The zero-order valence-electron chi connectivity index (χ0n) is 16.2. The van der Waals surface area contributed by atoms with Crippen molar-refractivity contribution in [2.45, 2.75) is 19.9 Å². The molecule has 2 aromatic carbocycles. The molecule has 150 valence electrons. The van der Waals surface area contributed by atoms with Crippen LogP contribution in [0.2, 0.25) is 0 Å². The van der Waals surface area contributed by atoms with Gasteiger partial charge >= 0.3 is 0 Å². The number of nitrogens with zero attached hydrogens (tertiary/aromatic N) is 1. The third-order valence-corrected chi connectivity index (χ3v) is 3.67. The number of rotatable bonds is 11. The Hall–Kier alpha value is -3.22. The molecule has 0 heterocycles. The van der Waals surface area contributed by atoms with Crippen molar-refractivity contribution in [2.24, 2.45) is 10.7 Å². The average molecular weight is 384 g/mol. The first-order valence-electron chi connectivity index (χ1n) is 9.37. The Balaban J connectivity index is 1.78. The van der Waals surface area contributed by atoms with E-state index < -0.39 is 5.91 Å². The largest absolute Gasteiger partial charge is 0.494 e. The van der Waals surface area contributed by atoms with Gasteiger partial charge < -0.3 is 25.8 Å². The molecule has 0 aromatic heterocycles. The zero-order valence-corrected chi connectivity index (χ0v) is 16.2. The smallest absolute Gasteiger partial charge is 0.255 e. The fourth-order valence-corrected chi connectivity index (χ4v) is 2.39. The summed E-state index contributed by atoms with van der Waals surface area (Å²) in [6, 6.07) is 17.2. The van der Waals surface area contributed by atoms with Crippen LogP contribution >= 0.6 is 0 Å². The molecule has 28 heavy (non-hydrogen) atoms. The molecule has 0 fully saturated rings. The van der Waals surface area contributed by atoms with Crippen LogP contribution in [0.4, 0.5) is 0 Å². The van der Waals surface area contributed by atoms with E-state index in [1.54, 1.807) is 6.07 Å². The lowest BCUT2D eigenvalue weighted by atomic mass is 10.2. The molecule has 0 atom stereocenters. The molecule has 0 unspecified atom stereocenters. The lowest BCUT2D eigenvalue weighted by Gasteiger charge is -2.12. The average Bonchev–Trinajstić information content (AvgIpc) is 2.71. The molecule has 0 saturated carbocycles. The van der Waals surface area contributed by atoms with E-state index in [0.29, 0.717) is 18.9 Å². The molecule has 7 heteroatoms. The molecule has 7 nitrogen and oxygen atoms in total. The predicted molar refractivity (Wildman–Crippen MR) is 111 cm³/mol. The normalized spacial score (nSPS) is 11.0. The van der Waals surface area contributed by atoms with Crippen LogP contribution < -0.4 is 25.8 Å². The Morgan fingerprint density at radius 3 is 2.57 bits per heavy atom. The number of para-hydroxylation sites is 1. The van der Waals surface area contributed by atoms with Crippen LogP contribution in [0.3, 0.4) is 0 Å². The Kier molecular flexibility index (Phi) is 9.20. The summed E-state index contributed by atoms with van der Waals surface area (Å²) < 4.78 is 11.0. The van der Waals surface area contributed by atoms with Crippen molar-refractivity contribution in [2.75, 3.05) is 26.3 Å². The minimum absolute atomic E-state index is 0.137. The van der Waals surface area contributed by atoms with Crippen molar-refractivity contribution in [3.63, 3.8) is 0 Å². The molecule has 0 aliphatic heterocycles. The van der Waals surface area contributed by atoms with E-state index >= 15 is 0 Å². The highest BCUT2D eigenvalue weighted by atomic mass is 16.5. The molecular formula is C21H28N4O3. The van der Waals surface area contributed by atoms with Crippen LogP contribution in [-0.4, -0.2) is 38.2 Å². The van der Waals surface area contributed by atoms with Crippen molar-refractivity contribution in [3.05, 3.63) is 60.2 Å². The number of aliphatic imine (C=N–C) groups is 1. The van der Waals surface area contributed by atoms with Crippen molar-refractivity contribution in [1.29, 1.82) is 0 Å². The molecule has 0 spiro atoms. The third-order valence-electron chi connectivity index (χ3n) is 3.67. The van der Waals surface area contributed by atoms with Crippen LogP contribution in [0.5, 0.6) is 11.5 Å². The van der Waals surface area contributed by atoms with Gasteiger partial charge in [0.25, 0.3) is 5.91 Å². The maximum absolute atomic E-state index is 10.8. The van der Waals surface area contributed by atoms with Crippen molar-refractivity contribution >= 4 is 11.9 Å². The van der Waals surface area contributed by atoms with Gasteiger partial charge in [-0.1, -0.05) is 30.3 Å². The summed E-state index contributed by atoms with van der Waals surface area (Å²) in [6.45, 7) is 4.53. The summed E-state index contributed by atoms with van der Waals surface area (Å²) in [7, 11) is 0. The van der Waals surface area contributed by atoms with Crippen molar-refractivity contribution in [3.8, 4) is 11.5 Å². The molecule has 0 saturated heterocycles. The Labute approximate surface area is 165 Å². The topological polar surface area (TPSA) is 98.0 Å². The highest BCUT2D eigenvalue weighted by Crippen LogP contribution is 2.14. The van der Waals surface area contributed by atoms with Crippen molar-refractivity contribution < 1.29 is 14.3 Å². The van der Waals surface area contributed by atoms with Crippen LogP contribution in [0.1, 0.15) is 18.9 Å². The van der Waals surface area contributed by atoms with Gasteiger partial charge in [0.1, 0.15) is 11.5 Å². The molecule has 0 aliphatic rings. The molecule has 0 bridgehead atoms. The fourth-order valence-electron chi connectivity index (χ4n) is 2.39. The highest BCUT2D eigenvalue weighted by molar-refractivity contribution is 5.79. The Morgan fingerprint density at radius 1 is 1.04 bits per heavy atom. The number of primary amides is 1. The number of amides is 1. The second-order valence-corrected chi connectivity index (χ2v) is 6.04. The minimum Gasteiger partial charge on any atom is -0.494 e. The van der Waals surface area contributed by atoms with E-state index in [-0.39, 0.29) is 6.61 Å². The van der Waals surface area contributed by atoms with Gasteiger partial charge in [-0.3, -0.25) is 4.79 Å². The van der Waals surface area contributed by atoms with E-state index in [2.05, 4.69) is 15.6 Å². The minimum atomic E-state index is -0.502. The van der Waals surface area contributed by atoms with Gasteiger partial charge in [-0.05, 0) is 43.2 Å². The number of carbonyl (C=O) groups is 1. The number of hydrogen-bond acceptors (Lipinski definition) is 4. The summed E-state index contributed by atoms with van der Waals surface area (Å²) in [6.07, 6.45) is 0.857. The lowest BCUT2D eigenvalue weighted by molar-refractivity contribution is -0.119. The number of guanidine groups is 1. The van der Waals surface area contributed by atoms with Crippen molar-refractivity contribution in [1.82, 2.24) is 10.6 Å². The van der Waals surface area contributed by atoms with Gasteiger partial charge in [0, 0.05) is 13.1 Å². The predicted octanol–water partition coefficient (Wildman–Crippen LogP) is 2.07. The summed E-state index contributed by atoms with van der Waals surface area (Å²) >= 11 is 0. The number of nitrogens with one attached hydrogen (secondary N) is 2. The Morgan fingerprint density at radius 2 is 1.82 bits per heavy atom. The maximum atomic E-state index is 10.8.